The molecule has 94 valence electrons. The van der Waals surface area contributed by atoms with Gasteiger partial charge in [-0.3, -0.25) is 9.69 Å². The molecule has 1 aromatic carbocycles. The molecular weight excluding hydrogens is 225 g/mol. The SMILES string of the molecule is CCN(CC(=O)O)Cc1cc(F)ccc1OC. The van der Waals surface area contributed by atoms with E-state index in [0.717, 1.165) is 0 Å². The molecule has 0 aliphatic carbocycles. The maximum absolute atomic E-state index is 13.1. The molecule has 0 fully saturated rings. The van der Waals surface area contributed by atoms with Gasteiger partial charge in [-0.2, -0.15) is 0 Å². The largest absolute Gasteiger partial charge is 0.496 e. The molecule has 1 aromatic rings. The zero-order chi connectivity index (χ0) is 12.8. The van der Waals surface area contributed by atoms with E-state index in [4.69, 9.17) is 9.84 Å². The summed E-state index contributed by atoms with van der Waals surface area (Å²) in [6.07, 6.45) is 0. The highest BCUT2D eigenvalue weighted by Gasteiger charge is 2.12. The monoisotopic (exact) mass is 241 g/mol. The van der Waals surface area contributed by atoms with Gasteiger partial charge >= 0.3 is 5.97 Å². The van der Waals surface area contributed by atoms with Crippen LogP contribution in [0, 0.1) is 5.82 Å². The van der Waals surface area contributed by atoms with Crippen LogP contribution < -0.4 is 4.74 Å². The van der Waals surface area contributed by atoms with Gasteiger partial charge in [-0.1, -0.05) is 6.92 Å². The average Bonchev–Trinajstić information content (AvgIpc) is 2.28. The van der Waals surface area contributed by atoms with Gasteiger partial charge in [-0.25, -0.2) is 4.39 Å². The molecule has 0 atom stereocenters. The third-order valence-electron chi connectivity index (χ3n) is 2.44. The number of halogens is 1. The van der Waals surface area contributed by atoms with Gasteiger partial charge in [0, 0.05) is 12.1 Å². The topological polar surface area (TPSA) is 49.8 Å². The lowest BCUT2D eigenvalue weighted by Gasteiger charge is -2.19. The van der Waals surface area contributed by atoms with E-state index in [1.54, 1.807) is 11.0 Å². The average molecular weight is 241 g/mol. The van der Waals surface area contributed by atoms with Crippen molar-refractivity contribution in [2.75, 3.05) is 20.2 Å². The van der Waals surface area contributed by atoms with Crippen molar-refractivity contribution in [3.8, 4) is 5.75 Å². The van der Waals surface area contributed by atoms with E-state index >= 15 is 0 Å². The molecule has 0 spiro atoms. The number of aliphatic carboxylic acids is 1. The summed E-state index contributed by atoms with van der Waals surface area (Å²) in [5, 5.41) is 8.73. The summed E-state index contributed by atoms with van der Waals surface area (Å²) in [4.78, 5) is 12.3. The van der Waals surface area contributed by atoms with Gasteiger partial charge in [0.05, 0.1) is 13.7 Å². The lowest BCUT2D eigenvalue weighted by atomic mass is 10.2. The highest BCUT2D eigenvalue weighted by molar-refractivity contribution is 5.69. The van der Waals surface area contributed by atoms with Crippen molar-refractivity contribution in [1.82, 2.24) is 4.90 Å². The molecule has 5 heteroatoms. The van der Waals surface area contributed by atoms with Crippen LogP contribution in [0.25, 0.3) is 0 Å². The van der Waals surface area contributed by atoms with Crippen molar-refractivity contribution in [2.45, 2.75) is 13.5 Å². The van der Waals surface area contributed by atoms with Crippen LogP contribution in [-0.4, -0.2) is 36.2 Å². The van der Waals surface area contributed by atoms with E-state index in [2.05, 4.69) is 0 Å². The second kappa shape index (κ2) is 6.20. The molecule has 0 heterocycles. The molecule has 1 rings (SSSR count). The van der Waals surface area contributed by atoms with Crippen LogP contribution >= 0.6 is 0 Å². The fourth-order valence-electron chi connectivity index (χ4n) is 1.58. The predicted molar refractivity (Wildman–Crippen MR) is 61.5 cm³/mol. The molecule has 0 aromatic heterocycles. The smallest absolute Gasteiger partial charge is 0.317 e. The maximum atomic E-state index is 13.1. The Morgan fingerprint density at radius 3 is 2.76 bits per heavy atom. The first kappa shape index (κ1) is 13.4. The number of nitrogens with zero attached hydrogens (tertiary/aromatic N) is 1. The molecule has 0 aliphatic rings. The molecule has 1 N–H and O–H groups in total. The van der Waals surface area contributed by atoms with Crippen LogP contribution in [0.5, 0.6) is 5.75 Å². The highest BCUT2D eigenvalue weighted by Crippen LogP contribution is 2.20. The van der Waals surface area contributed by atoms with E-state index in [9.17, 15) is 9.18 Å². The van der Waals surface area contributed by atoms with Crippen LogP contribution in [0.2, 0.25) is 0 Å². The summed E-state index contributed by atoms with van der Waals surface area (Å²) >= 11 is 0. The molecule has 0 bridgehead atoms. The van der Waals surface area contributed by atoms with Gasteiger partial charge in [0.2, 0.25) is 0 Å². The van der Waals surface area contributed by atoms with Crippen molar-refractivity contribution in [1.29, 1.82) is 0 Å². The Balaban J connectivity index is 2.84. The van der Waals surface area contributed by atoms with Crippen LogP contribution in [0.1, 0.15) is 12.5 Å². The Kier molecular flexibility index (Phi) is 4.90. The van der Waals surface area contributed by atoms with E-state index < -0.39 is 5.97 Å². The molecule has 0 aliphatic heterocycles. The number of likely N-dealkylation sites (N-methyl/N-ethyl adjacent to an activating group) is 1. The third kappa shape index (κ3) is 4.03. The van der Waals surface area contributed by atoms with E-state index in [1.165, 1.54) is 19.2 Å². The number of carboxylic acid groups (broad SMARTS) is 1. The summed E-state index contributed by atoms with van der Waals surface area (Å²) in [6.45, 7) is 2.71. The Bertz CT molecular complexity index is 395. The number of carboxylic acids is 1. The summed E-state index contributed by atoms with van der Waals surface area (Å²) < 4.78 is 18.2. The number of carbonyl (C=O) groups is 1. The zero-order valence-electron chi connectivity index (χ0n) is 9.94. The minimum atomic E-state index is -0.901. The highest BCUT2D eigenvalue weighted by atomic mass is 19.1. The Hall–Kier alpha value is -1.62. The van der Waals surface area contributed by atoms with Crippen LogP contribution in [0.3, 0.4) is 0 Å². The first-order valence-electron chi connectivity index (χ1n) is 5.33. The Labute approximate surface area is 99.6 Å². The summed E-state index contributed by atoms with van der Waals surface area (Å²) in [7, 11) is 1.50. The number of ether oxygens (including phenoxy) is 1. The van der Waals surface area contributed by atoms with Crippen LogP contribution in [0.15, 0.2) is 18.2 Å². The minimum Gasteiger partial charge on any atom is -0.496 e. The van der Waals surface area contributed by atoms with Crippen molar-refractivity contribution in [3.05, 3.63) is 29.6 Å². The Morgan fingerprint density at radius 1 is 1.53 bits per heavy atom. The van der Waals surface area contributed by atoms with Gasteiger partial charge < -0.3 is 9.84 Å². The first-order chi connectivity index (χ1) is 8.06. The van der Waals surface area contributed by atoms with E-state index in [-0.39, 0.29) is 12.4 Å². The second-order valence-corrected chi connectivity index (χ2v) is 3.65. The lowest BCUT2D eigenvalue weighted by Crippen LogP contribution is -2.29. The fourth-order valence-corrected chi connectivity index (χ4v) is 1.58. The molecule has 0 saturated carbocycles. The van der Waals surface area contributed by atoms with Gasteiger partial charge in [0.15, 0.2) is 0 Å². The van der Waals surface area contributed by atoms with Gasteiger partial charge in [-0.05, 0) is 24.7 Å². The Morgan fingerprint density at radius 2 is 2.24 bits per heavy atom. The van der Waals surface area contributed by atoms with E-state index in [1.807, 2.05) is 6.92 Å². The predicted octanol–water partition coefficient (Wildman–Crippen LogP) is 1.74. The number of methoxy groups -OCH3 is 1. The van der Waals surface area contributed by atoms with Gasteiger partial charge in [-0.15, -0.1) is 0 Å². The lowest BCUT2D eigenvalue weighted by molar-refractivity contribution is -0.138. The summed E-state index contributed by atoms with van der Waals surface area (Å²) in [5.74, 6) is -0.690. The molecule has 0 unspecified atom stereocenters. The van der Waals surface area contributed by atoms with Crippen LogP contribution in [-0.2, 0) is 11.3 Å². The van der Waals surface area contributed by atoms with Crippen molar-refractivity contribution in [3.63, 3.8) is 0 Å². The van der Waals surface area contributed by atoms with Gasteiger partial charge in [0.25, 0.3) is 0 Å². The maximum Gasteiger partial charge on any atom is 0.317 e. The fraction of sp³-hybridized carbons (Fsp3) is 0.417. The summed E-state index contributed by atoms with van der Waals surface area (Å²) in [6, 6.07) is 4.22. The number of benzene rings is 1. The third-order valence-corrected chi connectivity index (χ3v) is 2.44. The number of hydrogen-bond acceptors (Lipinski definition) is 3. The molecule has 0 amide bonds. The quantitative estimate of drug-likeness (QED) is 0.824. The minimum absolute atomic E-state index is 0.0732. The van der Waals surface area contributed by atoms with Crippen molar-refractivity contribution >= 4 is 5.97 Å². The molecule has 4 nitrogen and oxygen atoms in total. The molecule has 0 radical (unpaired) electrons. The van der Waals surface area contributed by atoms with Crippen molar-refractivity contribution < 1.29 is 19.0 Å². The standard InChI is InChI=1S/C12H16FNO3/c1-3-14(8-12(15)16)7-9-6-10(13)4-5-11(9)17-2/h4-6H,3,7-8H2,1-2H3,(H,15,16). The van der Waals surface area contributed by atoms with Crippen LogP contribution in [0.4, 0.5) is 4.39 Å². The summed E-state index contributed by atoms with van der Waals surface area (Å²) in [5.41, 5.74) is 0.649. The van der Waals surface area contributed by atoms with Gasteiger partial charge in [0.1, 0.15) is 11.6 Å². The number of hydrogen-bond donors (Lipinski definition) is 1. The molecule has 0 saturated heterocycles. The first-order valence-corrected chi connectivity index (χ1v) is 5.33. The second-order valence-electron chi connectivity index (χ2n) is 3.65. The number of rotatable bonds is 6. The molecule has 17 heavy (non-hydrogen) atoms. The normalized spacial score (nSPS) is 10.6. The van der Waals surface area contributed by atoms with Crippen molar-refractivity contribution in [2.24, 2.45) is 0 Å². The van der Waals surface area contributed by atoms with E-state index in [0.29, 0.717) is 24.4 Å². The zero-order valence-corrected chi connectivity index (χ0v) is 9.94. The molecular formula is C12H16FNO3.